The molecule has 7 heteroatoms. The molecule has 18 heavy (non-hydrogen) atoms. The Labute approximate surface area is 105 Å². The van der Waals surface area contributed by atoms with Crippen molar-refractivity contribution in [2.45, 2.75) is 38.1 Å². The van der Waals surface area contributed by atoms with Crippen LogP contribution in [0.5, 0.6) is 0 Å². The van der Waals surface area contributed by atoms with Crippen LogP contribution >= 0.6 is 0 Å². The fourth-order valence-corrected chi connectivity index (χ4v) is 2.19. The summed E-state index contributed by atoms with van der Waals surface area (Å²) in [5, 5.41) is 14.0. The first-order chi connectivity index (χ1) is 8.49. The lowest BCUT2D eigenvalue weighted by molar-refractivity contribution is -0.143. The van der Waals surface area contributed by atoms with E-state index in [1.807, 2.05) is 5.32 Å². The lowest BCUT2D eigenvalue weighted by atomic mass is 9.86. The van der Waals surface area contributed by atoms with Crippen molar-refractivity contribution in [2.24, 2.45) is 11.7 Å². The predicted octanol–water partition coefficient (Wildman–Crippen LogP) is -0.196. The molecule has 0 bridgehead atoms. The molecule has 0 aliphatic heterocycles. The smallest absolute Gasteiger partial charge is 0.318 e. The first-order valence-corrected chi connectivity index (χ1v) is 6.04. The maximum atomic E-state index is 11.1. The molecule has 5 N–H and O–H groups in total. The van der Waals surface area contributed by atoms with Gasteiger partial charge < -0.3 is 16.2 Å². The molecule has 0 radical (unpaired) electrons. The first-order valence-electron chi connectivity index (χ1n) is 6.04. The second-order valence-electron chi connectivity index (χ2n) is 4.52. The Morgan fingerprint density at radius 2 is 2.00 bits per heavy atom. The molecule has 1 aliphatic carbocycles. The third-order valence-corrected chi connectivity index (χ3v) is 3.07. The van der Waals surface area contributed by atoms with Gasteiger partial charge in [0, 0.05) is 19.0 Å². The molecule has 0 spiro atoms. The highest BCUT2D eigenvalue weighted by atomic mass is 16.4. The van der Waals surface area contributed by atoms with Crippen molar-refractivity contribution < 1.29 is 19.5 Å². The van der Waals surface area contributed by atoms with Crippen LogP contribution in [0.15, 0.2) is 0 Å². The molecular weight excluding hydrogens is 238 g/mol. The molecule has 0 heterocycles. The lowest BCUT2D eigenvalue weighted by Crippen LogP contribution is -2.40. The summed E-state index contributed by atoms with van der Waals surface area (Å²) in [6.07, 6.45) is 3.25. The number of imide groups is 1. The van der Waals surface area contributed by atoms with Gasteiger partial charge in [0.15, 0.2) is 0 Å². The maximum absolute atomic E-state index is 11.1. The number of hydrogen-bond acceptors (Lipinski definition) is 4. The summed E-state index contributed by atoms with van der Waals surface area (Å²) in [6.45, 7) is 0.413. The molecular formula is C11H19N3O4. The van der Waals surface area contributed by atoms with Crippen LogP contribution in [-0.4, -0.2) is 35.6 Å². The third-order valence-electron chi connectivity index (χ3n) is 3.07. The molecule has 0 aromatic heterocycles. The SMILES string of the molecule is NC(=O)NC(=O)CCNC1CCCC(C(=O)O)C1. The summed E-state index contributed by atoms with van der Waals surface area (Å²) in [5.41, 5.74) is 4.80. The van der Waals surface area contributed by atoms with Crippen LogP contribution in [0.1, 0.15) is 32.1 Å². The number of nitrogens with one attached hydrogen (secondary N) is 2. The van der Waals surface area contributed by atoms with Crippen LogP contribution in [0.3, 0.4) is 0 Å². The summed E-state index contributed by atoms with van der Waals surface area (Å²) in [4.78, 5) is 32.4. The number of nitrogens with two attached hydrogens (primary N) is 1. The highest BCUT2D eigenvalue weighted by Crippen LogP contribution is 2.24. The monoisotopic (exact) mass is 257 g/mol. The van der Waals surface area contributed by atoms with Crippen LogP contribution in [0.25, 0.3) is 0 Å². The Hall–Kier alpha value is -1.63. The molecule has 1 fully saturated rings. The van der Waals surface area contributed by atoms with E-state index >= 15 is 0 Å². The third kappa shape index (κ3) is 5.13. The highest BCUT2D eigenvalue weighted by molar-refractivity contribution is 5.93. The second kappa shape index (κ2) is 6.95. The van der Waals surface area contributed by atoms with Crippen molar-refractivity contribution in [3.05, 3.63) is 0 Å². The topological polar surface area (TPSA) is 122 Å². The van der Waals surface area contributed by atoms with Crippen LogP contribution in [-0.2, 0) is 9.59 Å². The molecule has 0 saturated heterocycles. The molecule has 3 amide bonds. The molecule has 1 rings (SSSR count). The number of amides is 3. The average molecular weight is 257 g/mol. The molecule has 102 valence electrons. The molecule has 1 saturated carbocycles. The molecule has 0 aromatic carbocycles. The van der Waals surface area contributed by atoms with Gasteiger partial charge in [-0.25, -0.2) is 4.79 Å². The number of carbonyl (C=O) groups is 3. The average Bonchev–Trinajstić information content (AvgIpc) is 2.28. The van der Waals surface area contributed by atoms with Gasteiger partial charge in [0.1, 0.15) is 0 Å². The Bertz CT molecular complexity index is 332. The normalized spacial score (nSPS) is 23.3. The van der Waals surface area contributed by atoms with E-state index in [1.165, 1.54) is 0 Å². The summed E-state index contributed by atoms with van der Waals surface area (Å²) in [5.74, 6) is -1.48. The van der Waals surface area contributed by atoms with E-state index in [-0.39, 0.29) is 18.4 Å². The molecule has 0 aromatic rings. The summed E-state index contributed by atoms with van der Waals surface area (Å²) in [7, 11) is 0. The van der Waals surface area contributed by atoms with Crippen LogP contribution in [0, 0.1) is 5.92 Å². The number of carboxylic acids is 1. The van der Waals surface area contributed by atoms with Gasteiger partial charge >= 0.3 is 12.0 Å². The fraction of sp³-hybridized carbons (Fsp3) is 0.727. The summed E-state index contributed by atoms with van der Waals surface area (Å²) >= 11 is 0. The first kappa shape index (κ1) is 14.4. The Balaban J connectivity index is 2.21. The number of rotatable bonds is 5. The van der Waals surface area contributed by atoms with Gasteiger partial charge in [0.25, 0.3) is 0 Å². The van der Waals surface area contributed by atoms with Crippen LogP contribution < -0.4 is 16.4 Å². The van der Waals surface area contributed by atoms with Crippen LogP contribution in [0.2, 0.25) is 0 Å². The zero-order chi connectivity index (χ0) is 13.5. The van der Waals surface area contributed by atoms with Gasteiger partial charge in [-0.05, 0) is 19.3 Å². The molecule has 7 nitrogen and oxygen atoms in total. The zero-order valence-electron chi connectivity index (χ0n) is 10.1. The zero-order valence-corrected chi connectivity index (χ0v) is 10.1. The fourth-order valence-electron chi connectivity index (χ4n) is 2.19. The quantitative estimate of drug-likeness (QED) is 0.543. The van der Waals surface area contributed by atoms with E-state index in [4.69, 9.17) is 10.8 Å². The minimum Gasteiger partial charge on any atom is -0.481 e. The van der Waals surface area contributed by atoms with Gasteiger partial charge in [-0.3, -0.25) is 14.9 Å². The van der Waals surface area contributed by atoms with Gasteiger partial charge in [0.05, 0.1) is 5.92 Å². The number of carboxylic acid groups (broad SMARTS) is 1. The minimum absolute atomic E-state index is 0.126. The van der Waals surface area contributed by atoms with Gasteiger partial charge in [-0.1, -0.05) is 6.42 Å². The molecule has 1 aliphatic rings. The Kier molecular flexibility index (Phi) is 5.57. The van der Waals surface area contributed by atoms with Gasteiger partial charge in [-0.15, -0.1) is 0 Å². The van der Waals surface area contributed by atoms with Crippen molar-refractivity contribution in [1.29, 1.82) is 0 Å². The molecule has 2 atom stereocenters. The van der Waals surface area contributed by atoms with E-state index in [1.54, 1.807) is 0 Å². The van der Waals surface area contributed by atoms with E-state index in [9.17, 15) is 14.4 Å². The number of primary amides is 1. The van der Waals surface area contributed by atoms with Crippen LogP contribution in [0.4, 0.5) is 4.79 Å². The number of urea groups is 1. The standard InChI is InChI=1S/C11H19N3O4/c12-11(18)14-9(15)4-5-13-8-3-1-2-7(6-8)10(16)17/h7-8,13H,1-6H2,(H,16,17)(H3,12,14,15,18). The van der Waals surface area contributed by atoms with E-state index < -0.39 is 17.9 Å². The number of hydrogen-bond donors (Lipinski definition) is 4. The summed E-state index contributed by atoms with van der Waals surface area (Å²) in [6, 6.07) is -0.732. The van der Waals surface area contributed by atoms with Crippen molar-refractivity contribution in [1.82, 2.24) is 10.6 Å². The largest absolute Gasteiger partial charge is 0.481 e. The second-order valence-corrected chi connectivity index (χ2v) is 4.52. The van der Waals surface area contributed by atoms with E-state index in [2.05, 4.69) is 5.32 Å². The van der Waals surface area contributed by atoms with E-state index in [0.717, 1.165) is 19.3 Å². The Morgan fingerprint density at radius 3 is 2.61 bits per heavy atom. The maximum Gasteiger partial charge on any atom is 0.318 e. The van der Waals surface area contributed by atoms with E-state index in [0.29, 0.717) is 13.0 Å². The van der Waals surface area contributed by atoms with Crippen molar-refractivity contribution in [3.63, 3.8) is 0 Å². The van der Waals surface area contributed by atoms with Gasteiger partial charge in [-0.2, -0.15) is 0 Å². The Morgan fingerprint density at radius 1 is 1.28 bits per heavy atom. The lowest BCUT2D eigenvalue weighted by Gasteiger charge is -2.27. The van der Waals surface area contributed by atoms with Crippen molar-refractivity contribution in [2.75, 3.05) is 6.54 Å². The van der Waals surface area contributed by atoms with Gasteiger partial charge in [0.2, 0.25) is 5.91 Å². The molecule has 2 unspecified atom stereocenters. The predicted molar refractivity (Wildman–Crippen MR) is 63.7 cm³/mol. The number of aliphatic carboxylic acids is 1. The minimum atomic E-state index is -0.858. The summed E-state index contributed by atoms with van der Waals surface area (Å²) < 4.78 is 0. The highest BCUT2D eigenvalue weighted by Gasteiger charge is 2.26. The van der Waals surface area contributed by atoms with Crippen molar-refractivity contribution in [3.8, 4) is 0 Å². The number of carbonyl (C=O) groups excluding carboxylic acids is 2. The van der Waals surface area contributed by atoms with Crippen molar-refractivity contribution >= 4 is 17.9 Å².